The van der Waals surface area contributed by atoms with E-state index < -0.39 is 59.5 Å². The molecular formula is C31H38ClN3O7. The highest BCUT2D eigenvalue weighted by atomic mass is 35.5. The van der Waals surface area contributed by atoms with Gasteiger partial charge in [-0.2, -0.15) is 0 Å². The Morgan fingerprint density at radius 3 is 2.62 bits per heavy atom. The van der Waals surface area contributed by atoms with E-state index >= 15 is 0 Å². The van der Waals surface area contributed by atoms with Gasteiger partial charge in [0.15, 0.2) is 0 Å². The van der Waals surface area contributed by atoms with E-state index in [2.05, 4.69) is 5.32 Å². The van der Waals surface area contributed by atoms with Crippen molar-refractivity contribution in [2.24, 2.45) is 17.8 Å². The van der Waals surface area contributed by atoms with E-state index in [0.717, 1.165) is 5.56 Å². The summed E-state index contributed by atoms with van der Waals surface area (Å²) in [4.78, 5) is 58.1. The van der Waals surface area contributed by atoms with Crippen LogP contribution in [0.15, 0.2) is 42.5 Å². The summed E-state index contributed by atoms with van der Waals surface area (Å²) in [7, 11) is 0. The summed E-state index contributed by atoms with van der Waals surface area (Å²) in [6.45, 7) is 7.20. The van der Waals surface area contributed by atoms with Gasteiger partial charge in [-0.05, 0) is 37.8 Å². The maximum atomic E-state index is 14.7. The van der Waals surface area contributed by atoms with Crippen LogP contribution < -0.4 is 10.2 Å². The number of esters is 1. The van der Waals surface area contributed by atoms with Gasteiger partial charge in [0, 0.05) is 13.0 Å². The Morgan fingerprint density at radius 1 is 1.17 bits per heavy atom. The van der Waals surface area contributed by atoms with Crippen LogP contribution in [0.5, 0.6) is 0 Å². The monoisotopic (exact) mass is 599 g/mol. The maximum Gasteiger partial charge on any atom is 0.313 e. The highest BCUT2D eigenvalue weighted by molar-refractivity contribution is 6.34. The number of aryl methyl sites for hydroxylation is 1. The highest BCUT2D eigenvalue weighted by Gasteiger charge is 2.72. The Morgan fingerprint density at radius 2 is 1.93 bits per heavy atom. The lowest BCUT2D eigenvalue weighted by Crippen LogP contribution is -2.59. The molecule has 0 bridgehead atoms. The van der Waals surface area contributed by atoms with Crippen LogP contribution in [-0.2, 0) is 28.7 Å². The predicted molar refractivity (Wildman–Crippen MR) is 156 cm³/mol. The van der Waals surface area contributed by atoms with Crippen molar-refractivity contribution >= 4 is 41.0 Å². The van der Waals surface area contributed by atoms with Crippen LogP contribution in [0.4, 0.5) is 5.69 Å². The molecule has 7 atom stereocenters. The van der Waals surface area contributed by atoms with Gasteiger partial charge in [-0.3, -0.25) is 19.2 Å². The topological polar surface area (TPSA) is 125 Å². The van der Waals surface area contributed by atoms with E-state index in [1.54, 1.807) is 48.3 Å². The van der Waals surface area contributed by atoms with Crippen molar-refractivity contribution in [1.82, 2.24) is 10.2 Å². The van der Waals surface area contributed by atoms with Crippen LogP contribution in [0, 0.1) is 24.7 Å². The average molecular weight is 600 g/mol. The summed E-state index contributed by atoms with van der Waals surface area (Å²) in [6, 6.07) is 3.49. The molecule has 226 valence electrons. The van der Waals surface area contributed by atoms with Crippen LogP contribution in [0.2, 0.25) is 5.02 Å². The van der Waals surface area contributed by atoms with Gasteiger partial charge in [0.25, 0.3) is 5.91 Å². The number of aliphatic hydroxyl groups excluding tert-OH is 1. The normalized spacial score (nSPS) is 33.2. The summed E-state index contributed by atoms with van der Waals surface area (Å²) in [5.41, 5.74) is -0.189. The number of aliphatic hydroxyl groups is 1. The number of anilines is 1. The molecule has 4 aliphatic heterocycles. The molecule has 2 saturated heterocycles. The zero-order valence-corrected chi connectivity index (χ0v) is 25.0. The third-order valence-corrected chi connectivity index (χ3v) is 9.05. The molecule has 0 aliphatic carbocycles. The lowest BCUT2D eigenvalue weighted by atomic mass is 9.78. The number of cyclic esters (lactones) is 1. The molecule has 11 heteroatoms. The van der Waals surface area contributed by atoms with Gasteiger partial charge < -0.3 is 29.7 Å². The van der Waals surface area contributed by atoms with E-state index in [-0.39, 0.29) is 37.9 Å². The molecule has 0 unspecified atom stereocenters. The van der Waals surface area contributed by atoms with E-state index in [0.29, 0.717) is 17.1 Å². The number of hydrogen-bond acceptors (Lipinski definition) is 7. The minimum Gasteiger partial charge on any atom is -0.460 e. The van der Waals surface area contributed by atoms with Gasteiger partial charge in [-0.1, -0.05) is 61.9 Å². The molecule has 1 aromatic rings. The molecule has 4 heterocycles. The number of likely N-dealkylation sites (tertiary alicyclic amines) is 1. The Kier molecular flexibility index (Phi) is 8.51. The number of ether oxygens (including phenoxy) is 2. The first kappa shape index (κ1) is 30.3. The zero-order valence-electron chi connectivity index (χ0n) is 24.3. The number of rotatable bonds is 4. The number of carbonyl (C=O) groups is 4. The molecule has 1 spiro atoms. The van der Waals surface area contributed by atoms with Crippen LogP contribution in [-0.4, -0.2) is 83.3 Å². The lowest BCUT2D eigenvalue weighted by Gasteiger charge is -2.40. The number of fused-ring (bicyclic) bond motifs is 2. The Bertz CT molecular complexity index is 1310. The third kappa shape index (κ3) is 5.03. The SMILES string of the molecule is Cc1cccc(Cl)c1N1CC=C[C@]23O[C@@H]4/C=C\CCC(=O)NC[C@@H](C)OC(=O)[C@@H]4[C@H]2C(=O)N([C@@H](CO)C(C)C)[C@@H]3C1=O. The molecule has 2 fully saturated rings. The van der Waals surface area contributed by atoms with Crippen LogP contribution in [0.1, 0.15) is 39.2 Å². The second-order valence-electron chi connectivity index (χ2n) is 11.9. The number of carbonyl (C=O) groups excluding carboxylic acids is 4. The van der Waals surface area contributed by atoms with Crippen LogP contribution in [0.3, 0.4) is 0 Å². The minimum atomic E-state index is -1.50. The fraction of sp³-hybridized carbons (Fsp3) is 0.548. The molecule has 10 nitrogen and oxygen atoms in total. The number of nitrogens with zero attached hydrogens (tertiary/aromatic N) is 2. The zero-order chi connectivity index (χ0) is 30.3. The standard InChI is InChI=1S/C31H38ClN3O7/c1-17(2)21(16-36)35-27-29(39)34(26-18(3)9-7-10-20(26)32)14-8-13-31(27)25(28(35)38)24-22(42-31)11-5-6-12-23(37)33-15-19(4)41-30(24)40/h5,7-11,13,17,19,21-22,24-25,27,36H,6,12,14-16H2,1-4H3,(H,33,37)/b11-5-/t19-,21+,22-,24+,25+,27-,31+/m1/s1. The van der Waals surface area contributed by atoms with Crippen molar-refractivity contribution in [2.75, 3.05) is 24.6 Å². The van der Waals surface area contributed by atoms with Crippen molar-refractivity contribution in [3.8, 4) is 0 Å². The average Bonchev–Trinajstić information content (AvgIpc) is 3.31. The summed E-state index contributed by atoms with van der Waals surface area (Å²) >= 11 is 6.61. The second-order valence-corrected chi connectivity index (χ2v) is 12.3. The molecular weight excluding hydrogens is 562 g/mol. The molecule has 0 aromatic heterocycles. The molecule has 4 aliphatic rings. The number of benzene rings is 1. The van der Waals surface area contributed by atoms with E-state index in [9.17, 15) is 24.3 Å². The van der Waals surface area contributed by atoms with E-state index in [1.807, 2.05) is 26.8 Å². The molecule has 1 aromatic carbocycles. The van der Waals surface area contributed by atoms with Gasteiger partial charge in [-0.15, -0.1) is 0 Å². The van der Waals surface area contributed by atoms with Gasteiger partial charge >= 0.3 is 5.97 Å². The van der Waals surface area contributed by atoms with Gasteiger partial charge in [-0.25, -0.2) is 0 Å². The first-order chi connectivity index (χ1) is 20.0. The van der Waals surface area contributed by atoms with Gasteiger partial charge in [0.1, 0.15) is 23.7 Å². The first-order valence-corrected chi connectivity index (χ1v) is 14.9. The fourth-order valence-electron chi connectivity index (χ4n) is 6.74. The molecule has 0 radical (unpaired) electrons. The molecule has 0 saturated carbocycles. The van der Waals surface area contributed by atoms with Crippen molar-refractivity contribution in [3.05, 3.63) is 53.1 Å². The summed E-state index contributed by atoms with van der Waals surface area (Å²) in [6.07, 6.45) is 6.11. The molecule has 3 amide bonds. The number of para-hydroxylation sites is 1. The third-order valence-electron chi connectivity index (χ3n) is 8.74. The Balaban J connectivity index is 1.65. The Hall–Kier alpha value is -3.21. The van der Waals surface area contributed by atoms with Crippen molar-refractivity contribution in [1.29, 1.82) is 0 Å². The van der Waals surface area contributed by atoms with Gasteiger partial charge in [0.2, 0.25) is 11.8 Å². The van der Waals surface area contributed by atoms with Crippen molar-refractivity contribution in [3.63, 3.8) is 0 Å². The molecule has 42 heavy (non-hydrogen) atoms. The Labute approximate surface area is 250 Å². The van der Waals surface area contributed by atoms with Gasteiger partial charge in [0.05, 0.1) is 41.9 Å². The van der Waals surface area contributed by atoms with E-state index in [1.165, 1.54) is 4.90 Å². The number of halogens is 1. The number of hydrogen-bond donors (Lipinski definition) is 2. The van der Waals surface area contributed by atoms with Crippen molar-refractivity contribution < 1.29 is 33.8 Å². The quantitative estimate of drug-likeness (QED) is 0.402. The van der Waals surface area contributed by atoms with Crippen LogP contribution in [0.25, 0.3) is 0 Å². The van der Waals surface area contributed by atoms with Crippen molar-refractivity contribution in [2.45, 2.75) is 70.4 Å². The lowest BCUT2D eigenvalue weighted by molar-refractivity contribution is -0.159. The predicted octanol–water partition coefficient (Wildman–Crippen LogP) is 2.55. The van der Waals surface area contributed by atoms with E-state index in [4.69, 9.17) is 21.1 Å². The number of amides is 3. The smallest absolute Gasteiger partial charge is 0.313 e. The number of nitrogens with one attached hydrogen (secondary N) is 1. The molecule has 2 N–H and O–H groups in total. The molecule has 5 rings (SSSR count). The minimum absolute atomic E-state index is 0.134. The highest BCUT2D eigenvalue weighted by Crippen LogP contribution is 2.54. The fourth-order valence-corrected chi connectivity index (χ4v) is 7.07. The number of allylic oxidation sites excluding steroid dienone is 1. The summed E-state index contributed by atoms with van der Waals surface area (Å²) in [5.74, 6) is -3.99. The second kappa shape index (κ2) is 11.8. The largest absolute Gasteiger partial charge is 0.460 e. The summed E-state index contributed by atoms with van der Waals surface area (Å²) in [5, 5.41) is 13.6. The summed E-state index contributed by atoms with van der Waals surface area (Å²) < 4.78 is 12.4. The first-order valence-electron chi connectivity index (χ1n) is 14.5. The maximum absolute atomic E-state index is 14.7. The van der Waals surface area contributed by atoms with Crippen LogP contribution >= 0.6 is 11.6 Å².